The molecule has 0 aliphatic heterocycles. The number of hydrogen-bond donors (Lipinski definition) is 2. The van der Waals surface area contributed by atoms with Crippen molar-refractivity contribution < 1.29 is 14.7 Å². The van der Waals surface area contributed by atoms with Crippen LogP contribution in [0.1, 0.15) is 27.1 Å². The lowest BCUT2D eigenvalue weighted by Gasteiger charge is -2.07. The number of nitrogens with zero attached hydrogens (tertiary/aromatic N) is 1. The smallest absolute Gasteiger partial charge is 0.336 e. The molecule has 0 aliphatic carbocycles. The van der Waals surface area contributed by atoms with Crippen LogP contribution in [0.5, 0.6) is 0 Å². The van der Waals surface area contributed by atoms with Gasteiger partial charge in [0.05, 0.1) is 16.2 Å². The minimum absolute atomic E-state index is 0.0165. The van der Waals surface area contributed by atoms with E-state index in [0.717, 1.165) is 17.2 Å². The maximum atomic E-state index is 12.0. The number of pyridine rings is 1. The first kappa shape index (κ1) is 16.0. The molecule has 22 heavy (non-hydrogen) atoms. The Morgan fingerprint density at radius 3 is 2.50 bits per heavy atom. The zero-order chi connectivity index (χ0) is 15.8. The van der Waals surface area contributed by atoms with Crippen LogP contribution in [-0.2, 0) is 0 Å². The van der Waals surface area contributed by atoms with Gasteiger partial charge in [-0.2, -0.15) is 0 Å². The number of nitrogens with one attached hydrogen (secondary N) is 1. The molecule has 0 fully saturated rings. The van der Waals surface area contributed by atoms with Crippen LogP contribution < -0.4 is 5.32 Å². The molecular weight excluding hydrogens is 300 g/mol. The lowest BCUT2D eigenvalue weighted by molar-refractivity contribution is 0.0691. The lowest BCUT2D eigenvalue weighted by Crippen LogP contribution is -2.26. The number of thioether (sulfide) groups is 1. The third-order valence-corrected chi connectivity index (χ3v) is 3.93. The molecule has 0 bridgehead atoms. The quantitative estimate of drug-likeness (QED) is 0.606. The molecule has 0 saturated carbocycles. The molecule has 0 unspecified atom stereocenters. The van der Waals surface area contributed by atoms with E-state index in [9.17, 15) is 9.59 Å². The molecular formula is C16H16N2O3S. The van der Waals surface area contributed by atoms with Crippen LogP contribution in [0.4, 0.5) is 0 Å². The fraction of sp³-hybridized carbons (Fsp3) is 0.188. The fourth-order valence-electron chi connectivity index (χ4n) is 1.85. The van der Waals surface area contributed by atoms with Crippen LogP contribution in [0, 0.1) is 0 Å². The number of hydrogen-bond acceptors (Lipinski definition) is 4. The summed E-state index contributed by atoms with van der Waals surface area (Å²) in [6.07, 6.45) is 2.52. The number of carbonyl (C=O) groups excluding carboxylic acids is 1. The van der Waals surface area contributed by atoms with Crippen LogP contribution in [0.25, 0.3) is 0 Å². The Labute approximate surface area is 132 Å². The van der Waals surface area contributed by atoms with Crippen LogP contribution in [-0.4, -0.2) is 34.3 Å². The maximum Gasteiger partial charge on any atom is 0.336 e. The van der Waals surface area contributed by atoms with E-state index in [1.807, 2.05) is 18.2 Å². The van der Waals surface area contributed by atoms with Gasteiger partial charge in [0.25, 0.3) is 5.91 Å². The van der Waals surface area contributed by atoms with E-state index >= 15 is 0 Å². The molecule has 114 valence electrons. The molecule has 6 heteroatoms. The zero-order valence-corrected chi connectivity index (χ0v) is 12.7. The van der Waals surface area contributed by atoms with Crippen LogP contribution in [0.2, 0.25) is 0 Å². The highest BCUT2D eigenvalue weighted by Crippen LogP contribution is 2.14. The average molecular weight is 316 g/mol. The summed E-state index contributed by atoms with van der Waals surface area (Å²) < 4.78 is 0. The summed E-state index contributed by atoms with van der Waals surface area (Å²) in [6, 6.07) is 11.9. The van der Waals surface area contributed by atoms with Crippen LogP contribution in [0.15, 0.2) is 53.7 Å². The number of aromatic nitrogens is 1. The second kappa shape index (κ2) is 8.19. The monoisotopic (exact) mass is 316 g/mol. The number of carboxylic acid groups (broad SMARTS) is 1. The van der Waals surface area contributed by atoms with Crippen molar-refractivity contribution in [1.29, 1.82) is 0 Å². The molecule has 0 atom stereocenters. The Bertz CT molecular complexity index is 647. The topological polar surface area (TPSA) is 79.3 Å². The zero-order valence-electron chi connectivity index (χ0n) is 11.9. The van der Waals surface area contributed by atoms with Crippen molar-refractivity contribution in [3.8, 4) is 0 Å². The molecule has 0 saturated heterocycles. The number of benzene rings is 1. The summed E-state index contributed by atoms with van der Waals surface area (Å²) >= 11 is 1.62. The van der Waals surface area contributed by atoms with Crippen molar-refractivity contribution in [2.24, 2.45) is 0 Å². The molecule has 2 aromatic rings. The van der Waals surface area contributed by atoms with E-state index in [1.54, 1.807) is 30.1 Å². The number of aromatic carboxylic acids is 1. The van der Waals surface area contributed by atoms with E-state index in [0.29, 0.717) is 6.54 Å². The molecule has 0 aliphatic rings. The summed E-state index contributed by atoms with van der Waals surface area (Å²) in [4.78, 5) is 27.3. The van der Waals surface area contributed by atoms with E-state index in [-0.39, 0.29) is 17.0 Å². The summed E-state index contributed by atoms with van der Waals surface area (Å²) in [6.45, 7) is 0.493. The van der Waals surface area contributed by atoms with E-state index < -0.39 is 5.97 Å². The van der Waals surface area contributed by atoms with Crippen LogP contribution >= 0.6 is 11.8 Å². The maximum absolute atomic E-state index is 12.0. The van der Waals surface area contributed by atoms with Crippen molar-refractivity contribution in [2.45, 2.75) is 11.4 Å². The van der Waals surface area contributed by atoms with E-state index in [2.05, 4.69) is 10.3 Å². The fourth-order valence-corrected chi connectivity index (χ4v) is 2.65. The Hall–Kier alpha value is -2.34. The molecule has 0 radical (unpaired) electrons. The summed E-state index contributed by atoms with van der Waals surface area (Å²) in [5.41, 5.74) is 0.204. The van der Waals surface area contributed by atoms with Crippen molar-refractivity contribution >= 4 is 23.6 Å². The Kier molecular flexibility index (Phi) is 5.97. The van der Waals surface area contributed by atoms with Crippen molar-refractivity contribution in [2.75, 3.05) is 12.3 Å². The van der Waals surface area contributed by atoms with Gasteiger partial charge in [0, 0.05) is 18.5 Å². The van der Waals surface area contributed by atoms with Crippen molar-refractivity contribution in [1.82, 2.24) is 10.3 Å². The van der Waals surface area contributed by atoms with Crippen molar-refractivity contribution in [3.05, 3.63) is 59.8 Å². The minimum atomic E-state index is -1.10. The van der Waals surface area contributed by atoms with Gasteiger partial charge in [0.1, 0.15) is 0 Å². The van der Waals surface area contributed by atoms with Crippen molar-refractivity contribution in [3.63, 3.8) is 0 Å². The number of rotatable bonds is 7. The molecule has 1 heterocycles. The number of carboxylic acids is 1. The minimum Gasteiger partial charge on any atom is -0.478 e. The van der Waals surface area contributed by atoms with Gasteiger partial charge in [-0.05, 0) is 30.7 Å². The first-order valence-corrected chi connectivity index (χ1v) is 7.81. The molecule has 0 spiro atoms. The van der Waals surface area contributed by atoms with Gasteiger partial charge < -0.3 is 10.4 Å². The molecule has 1 amide bonds. The predicted molar refractivity (Wildman–Crippen MR) is 85.3 cm³/mol. The standard InChI is InChI=1S/C16H16N2O3S/c19-15(12-6-1-2-7-13(12)16(20)21)18-10-5-11-22-14-8-3-4-9-17-14/h1-4,6-9H,5,10-11H2,(H,18,19)(H,20,21). The normalized spacial score (nSPS) is 10.2. The van der Waals surface area contributed by atoms with Crippen LogP contribution in [0.3, 0.4) is 0 Å². The van der Waals surface area contributed by atoms with E-state index in [1.165, 1.54) is 12.1 Å². The number of carbonyl (C=O) groups is 2. The lowest BCUT2D eigenvalue weighted by atomic mass is 10.1. The molecule has 1 aromatic heterocycles. The number of amides is 1. The molecule has 2 N–H and O–H groups in total. The second-order valence-electron chi connectivity index (χ2n) is 4.48. The van der Waals surface area contributed by atoms with Gasteiger partial charge in [0.2, 0.25) is 0 Å². The average Bonchev–Trinajstić information content (AvgIpc) is 2.55. The highest BCUT2D eigenvalue weighted by molar-refractivity contribution is 7.99. The van der Waals surface area contributed by atoms with Gasteiger partial charge in [-0.1, -0.05) is 18.2 Å². The van der Waals surface area contributed by atoms with Gasteiger partial charge in [0.15, 0.2) is 0 Å². The van der Waals surface area contributed by atoms with Gasteiger partial charge in [-0.25, -0.2) is 9.78 Å². The molecule has 1 aromatic carbocycles. The predicted octanol–water partition coefficient (Wildman–Crippen LogP) is 2.69. The molecule has 5 nitrogen and oxygen atoms in total. The first-order chi connectivity index (χ1) is 10.7. The highest BCUT2D eigenvalue weighted by atomic mass is 32.2. The molecule has 2 rings (SSSR count). The van der Waals surface area contributed by atoms with Gasteiger partial charge in [-0.15, -0.1) is 11.8 Å². The van der Waals surface area contributed by atoms with E-state index in [4.69, 9.17) is 5.11 Å². The van der Waals surface area contributed by atoms with Gasteiger partial charge >= 0.3 is 5.97 Å². The second-order valence-corrected chi connectivity index (χ2v) is 5.59. The first-order valence-electron chi connectivity index (χ1n) is 6.83. The summed E-state index contributed by atoms with van der Waals surface area (Å²) in [7, 11) is 0. The third kappa shape index (κ3) is 4.60. The Balaban J connectivity index is 1.78. The summed E-state index contributed by atoms with van der Waals surface area (Å²) in [5.74, 6) is -0.630. The Morgan fingerprint density at radius 1 is 1.09 bits per heavy atom. The SMILES string of the molecule is O=C(O)c1ccccc1C(=O)NCCCSc1ccccn1. The van der Waals surface area contributed by atoms with Gasteiger partial charge in [-0.3, -0.25) is 4.79 Å². The third-order valence-electron chi connectivity index (χ3n) is 2.90. The largest absolute Gasteiger partial charge is 0.478 e. The summed E-state index contributed by atoms with van der Waals surface area (Å²) in [5, 5.41) is 12.8. The Morgan fingerprint density at radius 2 is 1.82 bits per heavy atom. The highest BCUT2D eigenvalue weighted by Gasteiger charge is 2.14.